The fourth-order valence-electron chi connectivity index (χ4n) is 3.96. The predicted octanol–water partition coefficient (Wildman–Crippen LogP) is 3.99. The number of carbonyl (C=O) groups excluding carboxylic acids is 1. The first-order valence-corrected chi connectivity index (χ1v) is 13.1. The van der Waals surface area contributed by atoms with Gasteiger partial charge >= 0.3 is 0 Å². The van der Waals surface area contributed by atoms with Gasteiger partial charge < -0.3 is 9.64 Å². The first-order chi connectivity index (χ1) is 16.0. The lowest BCUT2D eigenvalue weighted by Crippen LogP contribution is -2.57. The fourth-order valence-corrected chi connectivity index (χ4v) is 4.78. The molecule has 0 aliphatic carbocycles. The molecule has 10 heteroatoms. The molecule has 0 saturated carbocycles. The van der Waals surface area contributed by atoms with Crippen LogP contribution in [0.25, 0.3) is 6.08 Å². The zero-order chi connectivity index (χ0) is 25.0. The minimum Gasteiger partial charge on any atom is -0.495 e. The number of rotatable bonds is 7. The molecule has 1 saturated heterocycles. The van der Waals surface area contributed by atoms with Crippen LogP contribution in [0, 0.1) is 5.82 Å². The van der Waals surface area contributed by atoms with E-state index in [-0.39, 0.29) is 34.5 Å². The third kappa shape index (κ3) is 6.71. The molecule has 1 amide bonds. The summed E-state index contributed by atoms with van der Waals surface area (Å²) < 4.78 is 44.3. The standard InChI is InChI=1S/C24H29ClFN3O4S/c1-16-14-29(17(2)13-28(16)15-18-5-8-20(26)9-6-18)24(30)10-7-19-11-23(33-3)21(25)12-22(19)27-34(4,31)32/h5-12,16-17,27H,13-15H2,1-4H3/b10-7+. The molecule has 7 nitrogen and oxygen atoms in total. The highest BCUT2D eigenvalue weighted by molar-refractivity contribution is 7.92. The molecule has 3 rings (SSSR count). The van der Waals surface area contributed by atoms with Gasteiger partial charge in [0, 0.05) is 43.4 Å². The second-order valence-electron chi connectivity index (χ2n) is 8.53. The van der Waals surface area contributed by atoms with E-state index in [1.807, 2.05) is 6.92 Å². The molecule has 1 aliphatic heterocycles. The van der Waals surface area contributed by atoms with Crippen molar-refractivity contribution in [3.05, 3.63) is 64.4 Å². The van der Waals surface area contributed by atoms with Gasteiger partial charge in [0.1, 0.15) is 11.6 Å². The Hall–Kier alpha value is -2.62. The van der Waals surface area contributed by atoms with Crippen molar-refractivity contribution >= 4 is 39.3 Å². The van der Waals surface area contributed by atoms with Crippen LogP contribution in [0.5, 0.6) is 5.75 Å². The topological polar surface area (TPSA) is 79.0 Å². The Bertz CT molecular complexity index is 1170. The molecule has 0 spiro atoms. The van der Waals surface area contributed by atoms with Crippen molar-refractivity contribution < 1.29 is 22.3 Å². The lowest BCUT2D eigenvalue weighted by molar-refractivity contribution is -0.131. The number of methoxy groups -OCH3 is 1. The van der Waals surface area contributed by atoms with Gasteiger partial charge in [0.15, 0.2) is 0 Å². The summed E-state index contributed by atoms with van der Waals surface area (Å²) in [6.45, 7) is 5.92. The quantitative estimate of drug-likeness (QED) is 0.571. The van der Waals surface area contributed by atoms with Gasteiger partial charge in [-0.15, -0.1) is 0 Å². The van der Waals surface area contributed by atoms with Crippen LogP contribution in [0.15, 0.2) is 42.5 Å². The molecule has 1 aliphatic rings. The Kier molecular flexibility index (Phi) is 8.22. The Morgan fingerprint density at radius 3 is 2.50 bits per heavy atom. The van der Waals surface area contributed by atoms with Crippen molar-refractivity contribution in [1.82, 2.24) is 9.80 Å². The Morgan fingerprint density at radius 2 is 1.88 bits per heavy atom. The van der Waals surface area contributed by atoms with Crippen LogP contribution in [0.2, 0.25) is 5.02 Å². The molecular weight excluding hydrogens is 481 g/mol. The Balaban J connectivity index is 1.74. The SMILES string of the molecule is COc1cc(/C=C/C(=O)N2CC(C)N(Cc3ccc(F)cc3)CC2C)c(NS(C)(=O)=O)cc1Cl. The summed E-state index contributed by atoms with van der Waals surface area (Å²) in [6.07, 6.45) is 4.02. The first kappa shape index (κ1) is 26.0. The van der Waals surface area contributed by atoms with Crippen LogP contribution in [-0.4, -0.2) is 62.7 Å². The third-order valence-electron chi connectivity index (χ3n) is 5.72. The van der Waals surface area contributed by atoms with E-state index in [9.17, 15) is 17.6 Å². The molecule has 1 heterocycles. The summed E-state index contributed by atoms with van der Waals surface area (Å²) in [4.78, 5) is 17.1. The van der Waals surface area contributed by atoms with E-state index >= 15 is 0 Å². The van der Waals surface area contributed by atoms with E-state index in [1.54, 1.807) is 29.2 Å². The number of nitrogens with one attached hydrogen (secondary N) is 1. The molecule has 34 heavy (non-hydrogen) atoms. The number of hydrogen-bond acceptors (Lipinski definition) is 5. The largest absolute Gasteiger partial charge is 0.495 e. The summed E-state index contributed by atoms with van der Waals surface area (Å²) in [5.74, 6) is -0.0789. The summed E-state index contributed by atoms with van der Waals surface area (Å²) in [6, 6.07) is 9.54. The maximum absolute atomic E-state index is 13.2. The fraction of sp³-hybridized carbons (Fsp3) is 0.375. The highest BCUT2D eigenvalue weighted by atomic mass is 35.5. The zero-order valence-corrected chi connectivity index (χ0v) is 21.2. The van der Waals surface area contributed by atoms with Gasteiger partial charge in [-0.25, -0.2) is 12.8 Å². The molecule has 2 unspecified atom stereocenters. The maximum Gasteiger partial charge on any atom is 0.246 e. The molecular formula is C24H29ClFN3O4S. The number of piperazine rings is 1. The monoisotopic (exact) mass is 509 g/mol. The van der Waals surface area contributed by atoms with E-state index in [1.165, 1.54) is 31.4 Å². The van der Waals surface area contributed by atoms with Crippen LogP contribution in [0.4, 0.5) is 10.1 Å². The zero-order valence-electron chi connectivity index (χ0n) is 19.6. The third-order valence-corrected chi connectivity index (χ3v) is 6.61. The van der Waals surface area contributed by atoms with Gasteiger partial charge in [0.05, 0.1) is 24.1 Å². The molecule has 2 aromatic carbocycles. The minimum atomic E-state index is -3.55. The lowest BCUT2D eigenvalue weighted by Gasteiger charge is -2.44. The van der Waals surface area contributed by atoms with Crippen LogP contribution >= 0.6 is 11.6 Å². The van der Waals surface area contributed by atoms with Crippen molar-refractivity contribution in [2.45, 2.75) is 32.5 Å². The highest BCUT2D eigenvalue weighted by Crippen LogP contribution is 2.32. The predicted molar refractivity (Wildman–Crippen MR) is 133 cm³/mol. The number of benzene rings is 2. The van der Waals surface area contributed by atoms with E-state index in [4.69, 9.17) is 16.3 Å². The van der Waals surface area contributed by atoms with Gasteiger partial charge in [-0.3, -0.25) is 14.4 Å². The van der Waals surface area contributed by atoms with Crippen LogP contribution < -0.4 is 9.46 Å². The molecule has 1 N–H and O–H groups in total. The molecule has 2 atom stereocenters. The van der Waals surface area contributed by atoms with Crippen LogP contribution in [-0.2, 0) is 21.4 Å². The Morgan fingerprint density at radius 1 is 1.21 bits per heavy atom. The lowest BCUT2D eigenvalue weighted by atomic mass is 10.1. The number of amides is 1. The van der Waals surface area contributed by atoms with E-state index in [0.29, 0.717) is 30.9 Å². The van der Waals surface area contributed by atoms with Gasteiger partial charge in [0.25, 0.3) is 0 Å². The second kappa shape index (κ2) is 10.8. The molecule has 0 aromatic heterocycles. The summed E-state index contributed by atoms with van der Waals surface area (Å²) in [5, 5.41) is 0.247. The number of sulfonamides is 1. The summed E-state index contributed by atoms with van der Waals surface area (Å²) in [5.41, 5.74) is 1.72. The van der Waals surface area contributed by atoms with Gasteiger partial charge in [-0.1, -0.05) is 23.7 Å². The van der Waals surface area contributed by atoms with E-state index in [0.717, 1.165) is 11.8 Å². The summed E-state index contributed by atoms with van der Waals surface area (Å²) in [7, 11) is -2.09. The maximum atomic E-state index is 13.2. The number of halogens is 2. The first-order valence-electron chi connectivity index (χ1n) is 10.8. The average Bonchev–Trinajstić information content (AvgIpc) is 2.75. The molecule has 0 radical (unpaired) electrons. The molecule has 184 valence electrons. The normalized spacial score (nSPS) is 19.4. The Labute approximate surface area is 205 Å². The van der Waals surface area contributed by atoms with E-state index in [2.05, 4.69) is 16.5 Å². The highest BCUT2D eigenvalue weighted by Gasteiger charge is 2.31. The van der Waals surface area contributed by atoms with Crippen molar-refractivity contribution in [3.8, 4) is 5.75 Å². The van der Waals surface area contributed by atoms with E-state index < -0.39 is 10.0 Å². The number of nitrogens with zero attached hydrogens (tertiary/aromatic N) is 2. The second-order valence-corrected chi connectivity index (χ2v) is 10.7. The van der Waals surface area contributed by atoms with Crippen LogP contribution in [0.1, 0.15) is 25.0 Å². The van der Waals surface area contributed by atoms with Gasteiger partial charge in [0.2, 0.25) is 15.9 Å². The molecule has 1 fully saturated rings. The smallest absolute Gasteiger partial charge is 0.246 e. The number of carbonyl (C=O) groups is 1. The summed E-state index contributed by atoms with van der Waals surface area (Å²) >= 11 is 6.15. The minimum absolute atomic E-state index is 0.0397. The number of ether oxygens (including phenoxy) is 1. The van der Waals surface area contributed by atoms with Crippen molar-refractivity contribution in [2.75, 3.05) is 31.2 Å². The van der Waals surface area contributed by atoms with Crippen molar-refractivity contribution in [2.24, 2.45) is 0 Å². The average molecular weight is 510 g/mol. The van der Waals surface area contributed by atoms with Gasteiger partial charge in [-0.05, 0) is 49.8 Å². The molecule has 2 aromatic rings. The molecule has 0 bridgehead atoms. The van der Waals surface area contributed by atoms with Crippen molar-refractivity contribution in [3.63, 3.8) is 0 Å². The van der Waals surface area contributed by atoms with Crippen LogP contribution in [0.3, 0.4) is 0 Å². The number of hydrogen-bond donors (Lipinski definition) is 1. The van der Waals surface area contributed by atoms with Crippen molar-refractivity contribution in [1.29, 1.82) is 0 Å². The number of anilines is 1. The van der Waals surface area contributed by atoms with Gasteiger partial charge in [-0.2, -0.15) is 0 Å².